The maximum Gasteiger partial charge on any atom is 0.348 e. The van der Waals surface area contributed by atoms with Crippen LogP contribution in [0.15, 0.2) is 47.3 Å². The maximum atomic E-state index is 14.1. The molecule has 1 fully saturated rings. The summed E-state index contributed by atoms with van der Waals surface area (Å²) in [7, 11) is 0. The van der Waals surface area contributed by atoms with E-state index in [-0.39, 0.29) is 22.3 Å². The standard InChI is InChI=1S/C19H16ClFN4O2/c20-14-2-1-3-15(21)16(14)17-23-19(27)25(24-17)13-8-6-12(7-9-13)18(26)22-10-11-4-5-11/h1-3,6-9,11H,4-5,10H2,(H,22,26)(H,23,24,27). The number of nitrogens with one attached hydrogen (secondary N) is 2. The Labute approximate surface area is 159 Å². The maximum absolute atomic E-state index is 14.1. The van der Waals surface area contributed by atoms with Crippen molar-refractivity contribution in [3.05, 3.63) is 69.4 Å². The lowest BCUT2D eigenvalue weighted by Crippen LogP contribution is -2.25. The van der Waals surface area contributed by atoms with E-state index in [1.807, 2.05) is 0 Å². The van der Waals surface area contributed by atoms with Gasteiger partial charge in [0.1, 0.15) is 5.82 Å². The molecule has 1 amide bonds. The summed E-state index contributed by atoms with van der Waals surface area (Å²) in [5.74, 6) is -0.0958. The van der Waals surface area contributed by atoms with Crippen molar-refractivity contribution >= 4 is 17.5 Å². The van der Waals surface area contributed by atoms with Gasteiger partial charge in [-0.2, -0.15) is 4.68 Å². The summed E-state index contributed by atoms with van der Waals surface area (Å²) < 4.78 is 15.2. The van der Waals surface area contributed by atoms with Crippen molar-refractivity contribution in [3.8, 4) is 17.1 Å². The molecule has 0 spiro atoms. The lowest BCUT2D eigenvalue weighted by molar-refractivity contribution is 0.0952. The lowest BCUT2D eigenvalue weighted by Gasteiger charge is -2.05. The summed E-state index contributed by atoms with van der Waals surface area (Å²) in [4.78, 5) is 26.8. The number of carbonyl (C=O) groups excluding carboxylic acids is 1. The fourth-order valence-electron chi connectivity index (χ4n) is 2.75. The minimum absolute atomic E-state index is 0.0334. The Balaban J connectivity index is 1.59. The van der Waals surface area contributed by atoms with Gasteiger partial charge in [-0.3, -0.25) is 9.78 Å². The molecule has 8 heteroatoms. The summed E-state index contributed by atoms with van der Waals surface area (Å²) >= 11 is 6.03. The van der Waals surface area contributed by atoms with Gasteiger partial charge in [0, 0.05) is 12.1 Å². The molecule has 0 aliphatic heterocycles. The molecule has 0 radical (unpaired) electrons. The van der Waals surface area contributed by atoms with E-state index in [9.17, 15) is 14.0 Å². The van der Waals surface area contributed by atoms with Crippen LogP contribution in [0.25, 0.3) is 17.1 Å². The van der Waals surface area contributed by atoms with Crippen LogP contribution in [0.2, 0.25) is 5.02 Å². The Kier molecular flexibility index (Phi) is 4.53. The molecule has 1 aliphatic carbocycles. The van der Waals surface area contributed by atoms with Gasteiger partial charge in [-0.25, -0.2) is 9.18 Å². The number of benzene rings is 2. The number of rotatable bonds is 5. The van der Waals surface area contributed by atoms with E-state index < -0.39 is 11.5 Å². The molecule has 4 rings (SSSR count). The number of hydrogen-bond acceptors (Lipinski definition) is 3. The summed E-state index contributed by atoms with van der Waals surface area (Å²) in [5, 5.41) is 7.17. The largest absolute Gasteiger partial charge is 0.352 e. The fourth-order valence-corrected chi connectivity index (χ4v) is 3.00. The number of hydrogen-bond donors (Lipinski definition) is 2. The second-order valence-electron chi connectivity index (χ2n) is 6.49. The number of nitrogens with zero attached hydrogens (tertiary/aromatic N) is 2. The van der Waals surface area contributed by atoms with Gasteiger partial charge in [-0.15, -0.1) is 5.10 Å². The predicted molar refractivity (Wildman–Crippen MR) is 99.6 cm³/mol. The van der Waals surface area contributed by atoms with Gasteiger partial charge in [0.25, 0.3) is 5.91 Å². The van der Waals surface area contributed by atoms with Crippen LogP contribution in [-0.2, 0) is 0 Å². The highest BCUT2D eigenvalue weighted by molar-refractivity contribution is 6.33. The van der Waals surface area contributed by atoms with Crippen molar-refractivity contribution in [2.75, 3.05) is 6.54 Å². The molecule has 0 atom stereocenters. The first-order chi connectivity index (χ1) is 13.0. The first-order valence-corrected chi connectivity index (χ1v) is 8.93. The first kappa shape index (κ1) is 17.5. The highest BCUT2D eigenvalue weighted by Crippen LogP contribution is 2.28. The molecule has 6 nitrogen and oxygen atoms in total. The van der Waals surface area contributed by atoms with E-state index >= 15 is 0 Å². The summed E-state index contributed by atoms with van der Waals surface area (Å²) in [6.45, 7) is 0.687. The molecule has 0 saturated heterocycles. The Hall–Kier alpha value is -2.93. The summed E-state index contributed by atoms with van der Waals surface area (Å²) in [6.07, 6.45) is 2.32. The molecule has 2 N–H and O–H groups in total. The Morgan fingerprint density at radius 3 is 2.67 bits per heavy atom. The zero-order chi connectivity index (χ0) is 19.0. The summed E-state index contributed by atoms with van der Waals surface area (Å²) in [6, 6.07) is 10.7. The minimum Gasteiger partial charge on any atom is -0.352 e. The second kappa shape index (κ2) is 7.00. The number of H-pyrrole nitrogens is 1. The normalized spacial score (nSPS) is 13.6. The zero-order valence-electron chi connectivity index (χ0n) is 14.2. The van der Waals surface area contributed by atoms with Crippen molar-refractivity contribution in [3.63, 3.8) is 0 Å². The highest BCUT2D eigenvalue weighted by Gasteiger charge is 2.22. The quantitative estimate of drug-likeness (QED) is 0.706. The Morgan fingerprint density at radius 1 is 1.26 bits per heavy atom. The van der Waals surface area contributed by atoms with Crippen LogP contribution in [-0.4, -0.2) is 27.2 Å². The topological polar surface area (TPSA) is 79.8 Å². The van der Waals surface area contributed by atoms with Gasteiger partial charge in [-0.1, -0.05) is 17.7 Å². The molecule has 0 unspecified atom stereocenters. The first-order valence-electron chi connectivity index (χ1n) is 8.55. The van der Waals surface area contributed by atoms with Gasteiger partial charge in [0.2, 0.25) is 0 Å². The smallest absolute Gasteiger partial charge is 0.348 e. The van der Waals surface area contributed by atoms with Gasteiger partial charge in [-0.05, 0) is 55.2 Å². The van der Waals surface area contributed by atoms with E-state index in [2.05, 4.69) is 15.4 Å². The van der Waals surface area contributed by atoms with Gasteiger partial charge < -0.3 is 5.32 Å². The van der Waals surface area contributed by atoms with Crippen LogP contribution >= 0.6 is 11.6 Å². The molecule has 1 heterocycles. The van der Waals surface area contributed by atoms with Crippen LogP contribution in [0, 0.1) is 11.7 Å². The molecule has 27 heavy (non-hydrogen) atoms. The van der Waals surface area contributed by atoms with Gasteiger partial charge in [0.15, 0.2) is 5.82 Å². The van der Waals surface area contributed by atoms with Crippen LogP contribution < -0.4 is 11.0 Å². The van der Waals surface area contributed by atoms with E-state index in [1.165, 1.54) is 18.2 Å². The molecule has 2 aromatic carbocycles. The SMILES string of the molecule is O=C(NCC1CC1)c1ccc(-n2nc(-c3c(F)cccc3Cl)[nH]c2=O)cc1. The summed E-state index contributed by atoms with van der Waals surface area (Å²) in [5.41, 5.74) is 0.454. The number of amides is 1. The van der Waals surface area contributed by atoms with Crippen molar-refractivity contribution in [2.24, 2.45) is 5.92 Å². The number of halogens is 2. The van der Waals surface area contributed by atoms with Gasteiger partial charge in [0.05, 0.1) is 16.3 Å². The monoisotopic (exact) mass is 386 g/mol. The van der Waals surface area contributed by atoms with E-state index in [0.29, 0.717) is 23.7 Å². The molecular formula is C19H16ClFN4O2. The fraction of sp³-hybridized carbons (Fsp3) is 0.211. The average molecular weight is 387 g/mol. The Bertz CT molecular complexity index is 1030. The molecule has 1 aromatic heterocycles. The molecule has 1 aliphatic rings. The third kappa shape index (κ3) is 3.64. The van der Waals surface area contributed by atoms with E-state index in [1.54, 1.807) is 24.3 Å². The van der Waals surface area contributed by atoms with Gasteiger partial charge >= 0.3 is 5.69 Å². The lowest BCUT2D eigenvalue weighted by atomic mass is 10.2. The highest BCUT2D eigenvalue weighted by atomic mass is 35.5. The van der Waals surface area contributed by atoms with Crippen LogP contribution in [0.4, 0.5) is 4.39 Å². The molecule has 3 aromatic rings. The van der Waals surface area contributed by atoms with Crippen molar-refractivity contribution in [2.45, 2.75) is 12.8 Å². The zero-order valence-corrected chi connectivity index (χ0v) is 15.0. The minimum atomic E-state index is -0.578. The number of aromatic nitrogens is 3. The van der Waals surface area contributed by atoms with Crippen molar-refractivity contribution < 1.29 is 9.18 Å². The van der Waals surface area contributed by atoms with Crippen LogP contribution in [0.1, 0.15) is 23.2 Å². The van der Waals surface area contributed by atoms with E-state index in [4.69, 9.17) is 11.6 Å². The van der Waals surface area contributed by atoms with Crippen molar-refractivity contribution in [1.29, 1.82) is 0 Å². The number of aromatic amines is 1. The van der Waals surface area contributed by atoms with E-state index in [0.717, 1.165) is 17.5 Å². The molecular weight excluding hydrogens is 371 g/mol. The second-order valence-corrected chi connectivity index (χ2v) is 6.89. The average Bonchev–Trinajstić information content (AvgIpc) is 3.41. The van der Waals surface area contributed by atoms with Crippen LogP contribution in [0.3, 0.4) is 0 Å². The number of carbonyl (C=O) groups is 1. The molecule has 138 valence electrons. The Morgan fingerprint density at radius 2 is 2.00 bits per heavy atom. The predicted octanol–water partition coefficient (Wildman–Crippen LogP) is 3.16. The molecule has 0 bridgehead atoms. The van der Waals surface area contributed by atoms with Crippen LogP contribution in [0.5, 0.6) is 0 Å². The third-order valence-corrected chi connectivity index (χ3v) is 4.75. The molecule has 1 saturated carbocycles. The third-order valence-electron chi connectivity index (χ3n) is 4.44. The van der Waals surface area contributed by atoms with Crippen molar-refractivity contribution in [1.82, 2.24) is 20.1 Å².